The summed E-state index contributed by atoms with van der Waals surface area (Å²) in [5.41, 5.74) is 8.66. The second-order valence-corrected chi connectivity index (χ2v) is 6.33. The molecule has 2 aliphatic carbocycles. The molecule has 2 fully saturated rings. The number of nitrogens with zero attached hydrogens (tertiary/aromatic N) is 2. The van der Waals surface area contributed by atoms with Crippen LogP contribution in [0.3, 0.4) is 0 Å². The van der Waals surface area contributed by atoms with E-state index in [1.54, 1.807) is 0 Å². The van der Waals surface area contributed by atoms with Crippen LogP contribution in [0.15, 0.2) is 6.07 Å². The number of aromatic nitrogens is 2. The topological polar surface area (TPSA) is 51.8 Å². The molecule has 0 spiro atoms. The van der Waals surface area contributed by atoms with Crippen LogP contribution in [0.5, 0.6) is 0 Å². The van der Waals surface area contributed by atoms with Gasteiger partial charge in [-0.25, -0.2) is 9.97 Å². The van der Waals surface area contributed by atoms with Gasteiger partial charge in [0.15, 0.2) is 0 Å². The third-order valence-corrected chi connectivity index (χ3v) is 4.29. The molecule has 1 aromatic rings. The Kier molecular flexibility index (Phi) is 2.89. The molecule has 2 aliphatic rings. The van der Waals surface area contributed by atoms with Crippen LogP contribution in [-0.4, -0.2) is 9.97 Å². The average Bonchev–Trinajstić information content (AvgIpc) is 3.11. The first-order valence-electron chi connectivity index (χ1n) is 7.27. The molecule has 0 radical (unpaired) electrons. The van der Waals surface area contributed by atoms with E-state index in [0.717, 1.165) is 18.7 Å². The minimum absolute atomic E-state index is 0.255. The fourth-order valence-corrected chi connectivity index (χ4v) is 2.82. The minimum atomic E-state index is -0.255. The van der Waals surface area contributed by atoms with E-state index in [9.17, 15) is 0 Å². The van der Waals surface area contributed by atoms with Crippen molar-refractivity contribution in [2.45, 2.75) is 69.7 Å². The summed E-state index contributed by atoms with van der Waals surface area (Å²) in [6, 6.07) is 2.20. The smallest absolute Gasteiger partial charge is 0.148 e. The summed E-state index contributed by atoms with van der Waals surface area (Å²) < 4.78 is 0. The lowest BCUT2D eigenvalue weighted by atomic mass is 9.97. The quantitative estimate of drug-likeness (QED) is 0.889. The molecule has 3 rings (SSSR count). The molecular weight excluding hydrogens is 222 g/mol. The van der Waals surface area contributed by atoms with Crippen LogP contribution in [0.2, 0.25) is 0 Å². The molecule has 0 bridgehead atoms. The molecule has 18 heavy (non-hydrogen) atoms. The highest BCUT2D eigenvalue weighted by molar-refractivity contribution is 5.23. The highest BCUT2D eigenvalue weighted by atomic mass is 15.0. The van der Waals surface area contributed by atoms with E-state index in [4.69, 9.17) is 15.7 Å². The fourth-order valence-electron chi connectivity index (χ4n) is 2.82. The van der Waals surface area contributed by atoms with E-state index >= 15 is 0 Å². The first kappa shape index (κ1) is 12.1. The summed E-state index contributed by atoms with van der Waals surface area (Å²) in [5, 5.41) is 0. The molecule has 0 saturated heterocycles. The van der Waals surface area contributed by atoms with Crippen molar-refractivity contribution in [1.82, 2.24) is 9.97 Å². The Hall–Kier alpha value is -0.960. The Morgan fingerprint density at radius 2 is 1.89 bits per heavy atom. The van der Waals surface area contributed by atoms with Crippen LogP contribution in [-0.2, 0) is 5.54 Å². The number of nitrogens with two attached hydrogens (primary N) is 1. The lowest BCUT2D eigenvalue weighted by Gasteiger charge is -2.23. The maximum Gasteiger partial charge on any atom is 0.148 e. The first-order valence-corrected chi connectivity index (χ1v) is 7.27. The molecule has 3 nitrogen and oxygen atoms in total. The predicted molar refractivity (Wildman–Crippen MR) is 72.4 cm³/mol. The summed E-state index contributed by atoms with van der Waals surface area (Å²) >= 11 is 0. The first-order chi connectivity index (χ1) is 8.58. The predicted octanol–water partition coefficient (Wildman–Crippen LogP) is 3.21. The number of hydrogen-bond acceptors (Lipinski definition) is 3. The van der Waals surface area contributed by atoms with Gasteiger partial charge in [0.05, 0.1) is 5.54 Å². The van der Waals surface area contributed by atoms with E-state index in [2.05, 4.69) is 19.9 Å². The van der Waals surface area contributed by atoms with Crippen LogP contribution in [0, 0.1) is 0 Å². The van der Waals surface area contributed by atoms with Crippen molar-refractivity contribution in [3.05, 3.63) is 23.3 Å². The van der Waals surface area contributed by atoms with Gasteiger partial charge in [-0.1, -0.05) is 26.7 Å². The molecule has 98 valence electrons. The highest BCUT2D eigenvalue weighted by Crippen LogP contribution is 2.41. The van der Waals surface area contributed by atoms with Gasteiger partial charge in [0, 0.05) is 17.3 Å². The van der Waals surface area contributed by atoms with Crippen molar-refractivity contribution in [2.75, 3.05) is 0 Å². The third kappa shape index (κ3) is 2.16. The standard InChI is InChI=1S/C15H23N3/c1-10(2)12-9-13(11-5-6-11)18-14(17-12)15(16)7-3-4-8-15/h9-11H,3-8,16H2,1-2H3. The van der Waals surface area contributed by atoms with Gasteiger partial charge in [0.1, 0.15) is 5.82 Å². The molecule has 0 atom stereocenters. The summed E-state index contributed by atoms with van der Waals surface area (Å²) in [6.07, 6.45) is 7.07. The number of hydrogen-bond donors (Lipinski definition) is 1. The van der Waals surface area contributed by atoms with Crippen LogP contribution in [0.25, 0.3) is 0 Å². The van der Waals surface area contributed by atoms with Gasteiger partial charge >= 0.3 is 0 Å². The lowest BCUT2D eigenvalue weighted by molar-refractivity contribution is 0.426. The normalized spacial score (nSPS) is 22.7. The zero-order chi connectivity index (χ0) is 12.8. The average molecular weight is 245 g/mol. The summed E-state index contributed by atoms with van der Waals surface area (Å²) in [7, 11) is 0. The molecule has 2 saturated carbocycles. The monoisotopic (exact) mass is 245 g/mol. The Morgan fingerprint density at radius 1 is 1.22 bits per heavy atom. The third-order valence-electron chi connectivity index (χ3n) is 4.29. The molecule has 2 N–H and O–H groups in total. The maximum absolute atomic E-state index is 6.51. The van der Waals surface area contributed by atoms with Gasteiger partial charge in [-0.3, -0.25) is 0 Å². The van der Waals surface area contributed by atoms with Crippen molar-refractivity contribution in [3.8, 4) is 0 Å². The van der Waals surface area contributed by atoms with Gasteiger partial charge in [-0.05, 0) is 37.7 Å². The van der Waals surface area contributed by atoms with Crippen LogP contribution < -0.4 is 5.73 Å². The summed E-state index contributed by atoms with van der Waals surface area (Å²) in [5.74, 6) is 2.04. The lowest BCUT2D eigenvalue weighted by Crippen LogP contribution is -2.36. The second kappa shape index (κ2) is 4.30. The van der Waals surface area contributed by atoms with E-state index < -0.39 is 0 Å². The Bertz CT molecular complexity index is 423. The molecule has 1 heterocycles. The van der Waals surface area contributed by atoms with Gasteiger partial charge in [-0.15, -0.1) is 0 Å². The van der Waals surface area contributed by atoms with Crippen molar-refractivity contribution < 1.29 is 0 Å². The molecule has 3 heteroatoms. The number of rotatable bonds is 3. The largest absolute Gasteiger partial charge is 0.319 e. The molecule has 0 aliphatic heterocycles. The highest BCUT2D eigenvalue weighted by Gasteiger charge is 2.36. The molecular formula is C15H23N3. The van der Waals surface area contributed by atoms with Crippen molar-refractivity contribution in [3.63, 3.8) is 0 Å². The fraction of sp³-hybridized carbons (Fsp3) is 0.733. The minimum Gasteiger partial charge on any atom is -0.319 e. The zero-order valence-corrected chi connectivity index (χ0v) is 11.4. The van der Waals surface area contributed by atoms with Gasteiger partial charge in [0.2, 0.25) is 0 Å². The Balaban J connectivity index is 2.02. The SMILES string of the molecule is CC(C)c1cc(C2CC2)nc(C2(N)CCCC2)n1. The molecule has 0 unspecified atom stereocenters. The summed E-state index contributed by atoms with van der Waals surface area (Å²) in [6.45, 7) is 4.39. The molecule has 0 aromatic carbocycles. The maximum atomic E-state index is 6.51. The van der Waals surface area contributed by atoms with Gasteiger partial charge < -0.3 is 5.73 Å². The van der Waals surface area contributed by atoms with Crippen molar-refractivity contribution in [2.24, 2.45) is 5.73 Å². The molecule has 0 amide bonds. The second-order valence-electron chi connectivity index (χ2n) is 6.33. The van der Waals surface area contributed by atoms with Gasteiger partial charge in [-0.2, -0.15) is 0 Å². The van der Waals surface area contributed by atoms with E-state index in [1.165, 1.54) is 37.1 Å². The molecule has 1 aromatic heterocycles. The van der Waals surface area contributed by atoms with Gasteiger partial charge in [0.25, 0.3) is 0 Å². The van der Waals surface area contributed by atoms with Crippen LogP contribution >= 0.6 is 0 Å². The van der Waals surface area contributed by atoms with Crippen molar-refractivity contribution >= 4 is 0 Å². The van der Waals surface area contributed by atoms with E-state index in [0.29, 0.717) is 11.8 Å². The zero-order valence-electron chi connectivity index (χ0n) is 11.4. The van der Waals surface area contributed by atoms with Crippen molar-refractivity contribution in [1.29, 1.82) is 0 Å². The summed E-state index contributed by atoms with van der Waals surface area (Å²) in [4.78, 5) is 9.56. The van der Waals surface area contributed by atoms with E-state index in [-0.39, 0.29) is 5.54 Å². The van der Waals surface area contributed by atoms with E-state index in [1.807, 2.05) is 0 Å². The van der Waals surface area contributed by atoms with Crippen LogP contribution in [0.4, 0.5) is 0 Å². The van der Waals surface area contributed by atoms with Crippen LogP contribution in [0.1, 0.15) is 81.4 Å². The Labute approximate surface area is 109 Å². The Morgan fingerprint density at radius 3 is 2.44 bits per heavy atom.